The Bertz CT molecular complexity index is 597. The van der Waals surface area contributed by atoms with Gasteiger partial charge >= 0.3 is 0 Å². The average molecular weight is 343 g/mol. The van der Waals surface area contributed by atoms with E-state index in [-0.39, 0.29) is 11.8 Å². The van der Waals surface area contributed by atoms with Crippen LogP contribution < -0.4 is 5.32 Å². The van der Waals surface area contributed by atoms with Gasteiger partial charge in [-0.3, -0.25) is 4.90 Å². The summed E-state index contributed by atoms with van der Waals surface area (Å²) in [5, 5.41) is 4.10. The second-order valence-electron chi connectivity index (χ2n) is 6.32. The third-order valence-electron chi connectivity index (χ3n) is 4.74. The van der Waals surface area contributed by atoms with Crippen LogP contribution in [0.1, 0.15) is 18.4 Å². The van der Waals surface area contributed by atoms with Gasteiger partial charge in [-0.15, -0.1) is 0 Å². The van der Waals surface area contributed by atoms with Crippen LogP contribution >= 0.6 is 11.6 Å². The molecule has 1 aromatic carbocycles. The first-order chi connectivity index (χ1) is 10.5. The maximum atomic E-state index is 12.1. The molecular formula is C16H23ClN2O2S. The molecule has 1 N–H and O–H groups in total. The number of halogens is 1. The van der Waals surface area contributed by atoms with Crippen molar-refractivity contribution < 1.29 is 8.42 Å². The lowest BCUT2D eigenvalue weighted by atomic mass is 9.99. The minimum atomic E-state index is -2.92. The van der Waals surface area contributed by atoms with Gasteiger partial charge in [-0.2, -0.15) is 0 Å². The molecule has 4 nitrogen and oxygen atoms in total. The fraction of sp³-hybridized carbons (Fsp3) is 0.625. The number of rotatable bonds is 3. The average Bonchev–Trinajstić information content (AvgIpc) is 2.50. The molecule has 0 bridgehead atoms. The zero-order valence-corrected chi connectivity index (χ0v) is 14.2. The highest BCUT2D eigenvalue weighted by atomic mass is 35.5. The van der Waals surface area contributed by atoms with Gasteiger partial charge in [-0.1, -0.05) is 23.7 Å². The molecule has 2 heterocycles. The summed E-state index contributed by atoms with van der Waals surface area (Å²) in [6.07, 6.45) is 2.99. The summed E-state index contributed by atoms with van der Waals surface area (Å²) in [6, 6.07) is 8.36. The fourth-order valence-electron chi connectivity index (χ4n) is 3.59. The molecule has 2 aliphatic rings. The molecular weight excluding hydrogens is 320 g/mol. The highest BCUT2D eigenvalue weighted by Gasteiger charge is 2.35. The van der Waals surface area contributed by atoms with Gasteiger partial charge in [0.2, 0.25) is 0 Å². The van der Waals surface area contributed by atoms with Gasteiger partial charge in [0, 0.05) is 23.7 Å². The van der Waals surface area contributed by atoms with Crippen LogP contribution in [0.25, 0.3) is 0 Å². The Morgan fingerprint density at radius 1 is 1.18 bits per heavy atom. The Hall–Kier alpha value is -0.620. The van der Waals surface area contributed by atoms with Crippen molar-refractivity contribution in [2.45, 2.75) is 31.3 Å². The SMILES string of the molecule is O=S1(=O)CCN(C2CCNCC2)[C@@H](Cc2ccc(Cl)cc2)C1. The lowest BCUT2D eigenvalue weighted by Gasteiger charge is -2.42. The minimum absolute atomic E-state index is 0.0861. The molecule has 3 rings (SSSR count). The maximum absolute atomic E-state index is 12.1. The predicted octanol–water partition coefficient (Wildman–Crippen LogP) is 1.73. The number of hydrogen-bond acceptors (Lipinski definition) is 4. The molecule has 0 saturated carbocycles. The molecule has 2 saturated heterocycles. The van der Waals surface area contributed by atoms with E-state index in [4.69, 9.17) is 11.6 Å². The first-order valence-corrected chi connectivity index (χ1v) is 10.1. The minimum Gasteiger partial charge on any atom is -0.317 e. The summed E-state index contributed by atoms with van der Waals surface area (Å²) in [4.78, 5) is 2.44. The molecule has 22 heavy (non-hydrogen) atoms. The van der Waals surface area contributed by atoms with Crippen LogP contribution in [-0.4, -0.2) is 56.5 Å². The topological polar surface area (TPSA) is 49.4 Å². The Kier molecular flexibility index (Phi) is 5.07. The number of benzene rings is 1. The van der Waals surface area contributed by atoms with E-state index >= 15 is 0 Å². The van der Waals surface area contributed by atoms with E-state index in [1.165, 1.54) is 0 Å². The number of nitrogens with one attached hydrogen (secondary N) is 1. The zero-order valence-electron chi connectivity index (χ0n) is 12.7. The van der Waals surface area contributed by atoms with E-state index in [0.717, 1.165) is 42.9 Å². The van der Waals surface area contributed by atoms with Crippen molar-refractivity contribution in [2.75, 3.05) is 31.1 Å². The highest BCUT2D eigenvalue weighted by molar-refractivity contribution is 7.91. The first-order valence-electron chi connectivity index (χ1n) is 7.95. The van der Waals surface area contributed by atoms with Crippen LogP contribution in [-0.2, 0) is 16.3 Å². The molecule has 1 atom stereocenters. The number of hydrogen-bond donors (Lipinski definition) is 1. The van der Waals surface area contributed by atoms with Crippen LogP contribution in [0.4, 0.5) is 0 Å². The van der Waals surface area contributed by atoms with Crippen LogP contribution in [0, 0.1) is 0 Å². The maximum Gasteiger partial charge on any atom is 0.153 e. The second kappa shape index (κ2) is 6.87. The monoisotopic (exact) mass is 342 g/mol. The molecule has 6 heteroatoms. The van der Waals surface area contributed by atoms with E-state index in [9.17, 15) is 8.42 Å². The smallest absolute Gasteiger partial charge is 0.153 e. The standard InChI is InChI=1S/C16H23ClN2O2S/c17-14-3-1-13(2-4-14)11-16-12-22(20,21)10-9-19(16)15-5-7-18-8-6-15/h1-4,15-16,18H,5-12H2/t16-/m0/s1. The summed E-state index contributed by atoms with van der Waals surface area (Å²) >= 11 is 5.94. The van der Waals surface area contributed by atoms with Crippen molar-refractivity contribution in [3.63, 3.8) is 0 Å². The van der Waals surface area contributed by atoms with Crippen molar-refractivity contribution in [3.8, 4) is 0 Å². The quantitative estimate of drug-likeness (QED) is 0.909. The van der Waals surface area contributed by atoms with Gasteiger partial charge in [0.15, 0.2) is 9.84 Å². The van der Waals surface area contributed by atoms with Crippen molar-refractivity contribution in [2.24, 2.45) is 0 Å². The van der Waals surface area contributed by atoms with Crippen molar-refractivity contribution in [3.05, 3.63) is 34.9 Å². The molecule has 0 amide bonds. The summed E-state index contributed by atoms with van der Waals surface area (Å²) in [5.74, 6) is 0.577. The molecule has 0 spiro atoms. The third kappa shape index (κ3) is 4.02. The molecule has 0 unspecified atom stereocenters. The van der Waals surface area contributed by atoms with E-state index in [1.54, 1.807) is 0 Å². The van der Waals surface area contributed by atoms with Gasteiger partial charge in [0.05, 0.1) is 11.5 Å². The first kappa shape index (κ1) is 16.2. The lowest BCUT2D eigenvalue weighted by molar-refractivity contribution is 0.120. The Balaban J connectivity index is 1.76. The summed E-state index contributed by atoms with van der Waals surface area (Å²) in [5.41, 5.74) is 1.16. The Labute approximate surface area is 137 Å². The summed E-state index contributed by atoms with van der Waals surface area (Å²) in [7, 11) is -2.92. The van der Waals surface area contributed by atoms with Crippen LogP contribution in [0.15, 0.2) is 24.3 Å². The molecule has 0 radical (unpaired) electrons. The Morgan fingerprint density at radius 3 is 2.55 bits per heavy atom. The van der Waals surface area contributed by atoms with E-state index in [0.29, 0.717) is 18.3 Å². The second-order valence-corrected chi connectivity index (χ2v) is 8.98. The molecule has 1 aromatic rings. The van der Waals surface area contributed by atoms with E-state index in [1.807, 2.05) is 24.3 Å². The van der Waals surface area contributed by atoms with Gasteiger partial charge in [0.25, 0.3) is 0 Å². The third-order valence-corrected chi connectivity index (χ3v) is 6.69. The van der Waals surface area contributed by atoms with Gasteiger partial charge < -0.3 is 5.32 Å². The van der Waals surface area contributed by atoms with Crippen molar-refractivity contribution in [1.82, 2.24) is 10.2 Å². The van der Waals surface area contributed by atoms with Crippen LogP contribution in [0.3, 0.4) is 0 Å². The fourth-order valence-corrected chi connectivity index (χ4v) is 5.26. The Morgan fingerprint density at radius 2 is 1.86 bits per heavy atom. The highest BCUT2D eigenvalue weighted by Crippen LogP contribution is 2.23. The number of piperidine rings is 1. The van der Waals surface area contributed by atoms with Crippen LogP contribution in [0.2, 0.25) is 5.02 Å². The normalized spacial score (nSPS) is 26.9. The molecule has 2 aliphatic heterocycles. The van der Waals surface area contributed by atoms with Crippen molar-refractivity contribution in [1.29, 1.82) is 0 Å². The van der Waals surface area contributed by atoms with Crippen LogP contribution in [0.5, 0.6) is 0 Å². The van der Waals surface area contributed by atoms with E-state index in [2.05, 4.69) is 10.2 Å². The largest absolute Gasteiger partial charge is 0.317 e. The predicted molar refractivity (Wildman–Crippen MR) is 90.2 cm³/mol. The summed E-state index contributed by atoms with van der Waals surface area (Å²) < 4.78 is 24.1. The lowest BCUT2D eigenvalue weighted by Crippen LogP contribution is -2.56. The molecule has 0 aliphatic carbocycles. The van der Waals surface area contributed by atoms with Gasteiger partial charge in [0.1, 0.15) is 0 Å². The number of sulfone groups is 1. The van der Waals surface area contributed by atoms with E-state index < -0.39 is 9.84 Å². The molecule has 2 fully saturated rings. The molecule has 122 valence electrons. The van der Waals surface area contributed by atoms with Crippen molar-refractivity contribution >= 4 is 21.4 Å². The van der Waals surface area contributed by atoms with Gasteiger partial charge in [-0.05, 0) is 50.0 Å². The summed E-state index contributed by atoms with van der Waals surface area (Å²) in [6.45, 7) is 2.73. The number of nitrogens with zero attached hydrogens (tertiary/aromatic N) is 1. The zero-order chi connectivity index (χ0) is 15.6. The van der Waals surface area contributed by atoms with Gasteiger partial charge in [-0.25, -0.2) is 8.42 Å². The molecule has 0 aromatic heterocycles.